The van der Waals surface area contributed by atoms with Gasteiger partial charge >= 0.3 is 0 Å². The van der Waals surface area contributed by atoms with Gasteiger partial charge in [0, 0.05) is 13.7 Å². The van der Waals surface area contributed by atoms with Gasteiger partial charge in [0.1, 0.15) is 0 Å². The first-order valence-electron chi connectivity index (χ1n) is 8.69. The van der Waals surface area contributed by atoms with E-state index in [1.54, 1.807) is 7.11 Å². The molecule has 2 aromatic rings. The molecule has 0 amide bonds. The van der Waals surface area contributed by atoms with Crippen molar-refractivity contribution in [3.8, 4) is 0 Å². The van der Waals surface area contributed by atoms with Crippen LogP contribution in [0.4, 0.5) is 0 Å². The van der Waals surface area contributed by atoms with Crippen LogP contribution in [0.25, 0.3) is 0 Å². The van der Waals surface area contributed by atoms with E-state index in [4.69, 9.17) is 9.16 Å². The number of ether oxygens (including phenoxy) is 1. The van der Waals surface area contributed by atoms with E-state index in [2.05, 4.69) is 88.4 Å². The van der Waals surface area contributed by atoms with E-state index in [0.29, 0.717) is 6.61 Å². The van der Waals surface area contributed by atoms with E-state index in [1.165, 1.54) is 10.4 Å². The SMILES string of the molecule is CO[C@@H](C)CCO[Si](c1ccccc1)(c1ccccc1)C(C)(C)C. The molecular formula is C21H30O2Si. The molecule has 0 saturated carbocycles. The van der Waals surface area contributed by atoms with Crippen molar-refractivity contribution in [2.45, 2.75) is 45.3 Å². The number of methoxy groups -OCH3 is 1. The van der Waals surface area contributed by atoms with E-state index in [0.717, 1.165) is 6.42 Å². The van der Waals surface area contributed by atoms with Crippen molar-refractivity contribution in [2.24, 2.45) is 0 Å². The first-order valence-corrected chi connectivity index (χ1v) is 10.6. The lowest BCUT2D eigenvalue weighted by Crippen LogP contribution is -2.66. The van der Waals surface area contributed by atoms with Gasteiger partial charge in [0.05, 0.1) is 6.10 Å². The lowest BCUT2D eigenvalue weighted by atomic mass is 10.2. The smallest absolute Gasteiger partial charge is 0.261 e. The fourth-order valence-electron chi connectivity index (χ4n) is 3.26. The average Bonchev–Trinajstić information content (AvgIpc) is 2.59. The van der Waals surface area contributed by atoms with Crippen molar-refractivity contribution in [1.82, 2.24) is 0 Å². The lowest BCUT2D eigenvalue weighted by molar-refractivity contribution is 0.0940. The Labute approximate surface area is 148 Å². The van der Waals surface area contributed by atoms with Crippen LogP contribution in [0.15, 0.2) is 60.7 Å². The van der Waals surface area contributed by atoms with E-state index in [1.807, 2.05) is 0 Å². The van der Waals surface area contributed by atoms with Crippen molar-refractivity contribution in [2.75, 3.05) is 13.7 Å². The molecule has 1 atom stereocenters. The molecule has 0 bridgehead atoms. The van der Waals surface area contributed by atoms with E-state index in [-0.39, 0.29) is 11.1 Å². The predicted octanol–water partition coefficient (Wildman–Crippen LogP) is 3.99. The van der Waals surface area contributed by atoms with Crippen LogP contribution in [0, 0.1) is 0 Å². The summed E-state index contributed by atoms with van der Waals surface area (Å²) in [4.78, 5) is 0. The lowest BCUT2D eigenvalue weighted by Gasteiger charge is -2.43. The Morgan fingerprint density at radius 3 is 1.71 bits per heavy atom. The molecule has 0 saturated heterocycles. The van der Waals surface area contributed by atoms with Crippen LogP contribution in [-0.2, 0) is 9.16 Å². The molecule has 2 nitrogen and oxygen atoms in total. The second-order valence-corrected chi connectivity index (χ2v) is 11.7. The molecule has 24 heavy (non-hydrogen) atoms. The summed E-state index contributed by atoms with van der Waals surface area (Å²) in [6, 6.07) is 21.5. The second-order valence-electron chi connectivity index (χ2n) is 7.35. The maximum atomic E-state index is 6.80. The number of hydrogen-bond acceptors (Lipinski definition) is 2. The molecule has 0 N–H and O–H groups in total. The summed E-state index contributed by atoms with van der Waals surface area (Å²) in [5.74, 6) is 0. The third kappa shape index (κ3) is 3.97. The summed E-state index contributed by atoms with van der Waals surface area (Å²) < 4.78 is 12.2. The Balaban J connectivity index is 2.49. The average molecular weight is 343 g/mol. The van der Waals surface area contributed by atoms with Gasteiger partial charge in [0.25, 0.3) is 8.32 Å². The van der Waals surface area contributed by atoms with Crippen LogP contribution >= 0.6 is 0 Å². The van der Waals surface area contributed by atoms with Gasteiger partial charge in [0.15, 0.2) is 0 Å². The fourth-order valence-corrected chi connectivity index (χ4v) is 7.84. The Morgan fingerprint density at radius 1 is 0.875 bits per heavy atom. The maximum Gasteiger partial charge on any atom is 0.261 e. The topological polar surface area (TPSA) is 18.5 Å². The van der Waals surface area contributed by atoms with E-state index >= 15 is 0 Å². The molecule has 0 spiro atoms. The van der Waals surface area contributed by atoms with Crippen molar-refractivity contribution in [3.05, 3.63) is 60.7 Å². The van der Waals surface area contributed by atoms with Gasteiger partial charge in [-0.25, -0.2) is 0 Å². The standard InChI is InChI=1S/C21H30O2Si/c1-18(22-5)16-17-23-24(21(2,3)4,19-12-8-6-9-13-19)20-14-10-7-11-15-20/h6-15,18H,16-17H2,1-5H3/t18-/m0/s1. The first kappa shape index (κ1) is 18.9. The highest BCUT2D eigenvalue weighted by Crippen LogP contribution is 2.36. The molecule has 2 rings (SSSR count). The summed E-state index contributed by atoms with van der Waals surface area (Å²) in [6.07, 6.45) is 1.12. The molecule has 0 aliphatic carbocycles. The van der Waals surface area contributed by atoms with Crippen molar-refractivity contribution < 1.29 is 9.16 Å². The first-order chi connectivity index (χ1) is 11.4. The van der Waals surface area contributed by atoms with Crippen LogP contribution in [-0.4, -0.2) is 28.1 Å². The van der Waals surface area contributed by atoms with Crippen molar-refractivity contribution in [1.29, 1.82) is 0 Å². The molecular weight excluding hydrogens is 312 g/mol. The van der Waals surface area contributed by atoms with Gasteiger partial charge in [-0.15, -0.1) is 0 Å². The van der Waals surface area contributed by atoms with E-state index in [9.17, 15) is 0 Å². The minimum atomic E-state index is -2.38. The van der Waals surface area contributed by atoms with Crippen LogP contribution in [0.5, 0.6) is 0 Å². The molecule has 0 aliphatic rings. The van der Waals surface area contributed by atoms with Gasteiger partial charge in [-0.05, 0) is 28.8 Å². The summed E-state index contributed by atoms with van der Waals surface area (Å²) in [5, 5.41) is 2.69. The minimum Gasteiger partial charge on any atom is -0.407 e. The van der Waals surface area contributed by atoms with Gasteiger partial charge in [-0.1, -0.05) is 81.4 Å². The second kappa shape index (κ2) is 8.10. The Bertz CT molecular complexity index is 565. The molecule has 0 radical (unpaired) electrons. The molecule has 2 aromatic carbocycles. The zero-order chi connectivity index (χ0) is 17.6. The monoisotopic (exact) mass is 342 g/mol. The van der Waals surface area contributed by atoms with Gasteiger partial charge in [-0.3, -0.25) is 0 Å². The molecule has 0 fully saturated rings. The molecule has 0 heterocycles. The highest BCUT2D eigenvalue weighted by atomic mass is 28.4. The fraction of sp³-hybridized carbons (Fsp3) is 0.429. The van der Waals surface area contributed by atoms with Crippen LogP contribution in [0.2, 0.25) is 5.04 Å². The highest BCUT2D eigenvalue weighted by molar-refractivity contribution is 6.99. The molecule has 0 aromatic heterocycles. The predicted molar refractivity (Wildman–Crippen MR) is 105 cm³/mol. The zero-order valence-corrected chi connectivity index (χ0v) is 16.6. The Kier molecular flexibility index (Phi) is 6.38. The summed E-state index contributed by atoms with van der Waals surface area (Å²) in [6.45, 7) is 9.72. The van der Waals surface area contributed by atoms with Crippen molar-refractivity contribution >= 4 is 18.7 Å². The van der Waals surface area contributed by atoms with Crippen LogP contribution in [0.1, 0.15) is 34.1 Å². The quantitative estimate of drug-likeness (QED) is 0.708. The molecule has 3 heteroatoms. The van der Waals surface area contributed by atoms with Gasteiger partial charge in [0.2, 0.25) is 0 Å². The summed E-state index contributed by atoms with van der Waals surface area (Å²) >= 11 is 0. The number of benzene rings is 2. The van der Waals surface area contributed by atoms with Crippen LogP contribution < -0.4 is 10.4 Å². The Morgan fingerprint density at radius 2 is 1.33 bits per heavy atom. The minimum absolute atomic E-state index is 0.0337. The van der Waals surface area contributed by atoms with Crippen LogP contribution in [0.3, 0.4) is 0 Å². The zero-order valence-electron chi connectivity index (χ0n) is 15.6. The molecule has 0 unspecified atom stereocenters. The largest absolute Gasteiger partial charge is 0.407 e. The third-order valence-corrected chi connectivity index (χ3v) is 9.70. The van der Waals surface area contributed by atoms with Crippen molar-refractivity contribution in [3.63, 3.8) is 0 Å². The molecule has 0 aliphatic heterocycles. The third-order valence-electron chi connectivity index (χ3n) is 4.66. The summed E-state index contributed by atoms with van der Waals surface area (Å²) in [7, 11) is -0.627. The normalized spacial score (nSPS) is 13.7. The van der Waals surface area contributed by atoms with Gasteiger partial charge in [-0.2, -0.15) is 0 Å². The Hall–Kier alpha value is -1.42. The maximum absolute atomic E-state index is 6.80. The van der Waals surface area contributed by atoms with E-state index < -0.39 is 8.32 Å². The van der Waals surface area contributed by atoms with Gasteiger partial charge < -0.3 is 9.16 Å². The molecule has 130 valence electrons. The highest BCUT2D eigenvalue weighted by Gasteiger charge is 2.49. The summed E-state index contributed by atoms with van der Waals surface area (Å²) in [5.41, 5.74) is 0. The number of rotatable bonds is 7. The number of hydrogen-bond donors (Lipinski definition) is 0.